The molecule has 0 saturated heterocycles. The van der Waals surface area contributed by atoms with E-state index in [2.05, 4.69) is 36.8 Å². The van der Waals surface area contributed by atoms with Gasteiger partial charge in [0.1, 0.15) is 0 Å². The second-order valence-corrected chi connectivity index (χ2v) is 4.16. The number of esters is 1. The first-order valence-electron chi connectivity index (χ1n) is 4.37. The van der Waals surface area contributed by atoms with Gasteiger partial charge in [-0.15, -0.1) is 0 Å². The highest BCUT2D eigenvalue weighted by Crippen LogP contribution is 2.28. The monoisotopic (exact) mass is 335 g/mol. The van der Waals surface area contributed by atoms with E-state index < -0.39 is 0 Å². The zero-order valence-electron chi connectivity index (χ0n) is 8.51. The molecule has 0 unspecified atom stereocenters. The first-order chi connectivity index (χ1) is 7.10. The molecule has 0 aromatic carbocycles. The zero-order valence-corrected chi connectivity index (χ0v) is 11.7. The quantitative estimate of drug-likeness (QED) is 0.629. The SMILES string of the molecule is CC(=O)Oc1c(C)ncc(CBr)c1CBr. The molecule has 3 nitrogen and oxygen atoms in total. The lowest BCUT2D eigenvalue weighted by Crippen LogP contribution is -2.07. The number of aryl methyl sites for hydroxylation is 1. The van der Waals surface area contributed by atoms with E-state index in [1.165, 1.54) is 6.92 Å². The number of ether oxygens (including phenoxy) is 1. The van der Waals surface area contributed by atoms with Crippen molar-refractivity contribution in [3.05, 3.63) is 23.0 Å². The molecule has 0 atom stereocenters. The summed E-state index contributed by atoms with van der Waals surface area (Å²) < 4.78 is 5.16. The molecule has 0 fully saturated rings. The van der Waals surface area contributed by atoms with Gasteiger partial charge in [-0.1, -0.05) is 31.9 Å². The van der Waals surface area contributed by atoms with Crippen molar-refractivity contribution in [2.75, 3.05) is 0 Å². The highest BCUT2D eigenvalue weighted by Gasteiger charge is 2.13. The predicted octanol–water partition coefficient (Wildman–Crippen LogP) is 3.11. The minimum absolute atomic E-state index is 0.325. The molecular weight excluding hydrogens is 326 g/mol. The Morgan fingerprint density at radius 2 is 2.13 bits per heavy atom. The molecule has 0 radical (unpaired) electrons. The third-order valence-corrected chi connectivity index (χ3v) is 3.09. The van der Waals surface area contributed by atoms with Gasteiger partial charge in [0, 0.05) is 29.3 Å². The molecule has 0 N–H and O–H groups in total. The van der Waals surface area contributed by atoms with Crippen LogP contribution in [0.15, 0.2) is 6.20 Å². The van der Waals surface area contributed by atoms with Gasteiger partial charge in [-0.25, -0.2) is 0 Å². The number of rotatable bonds is 3. The summed E-state index contributed by atoms with van der Waals surface area (Å²) >= 11 is 6.76. The molecule has 5 heteroatoms. The zero-order chi connectivity index (χ0) is 11.4. The summed E-state index contributed by atoms with van der Waals surface area (Å²) in [6.07, 6.45) is 1.79. The van der Waals surface area contributed by atoms with Crippen LogP contribution in [-0.2, 0) is 15.5 Å². The molecule has 1 aromatic heterocycles. The van der Waals surface area contributed by atoms with Crippen molar-refractivity contribution in [3.63, 3.8) is 0 Å². The predicted molar refractivity (Wildman–Crippen MR) is 65.5 cm³/mol. The average molecular weight is 337 g/mol. The van der Waals surface area contributed by atoms with E-state index in [0.29, 0.717) is 16.4 Å². The Hall–Kier alpha value is -0.420. The first kappa shape index (κ1) is 12.6. The van der Waals surface area contributed by atoms with Crippen molar-refractivity contribution in [3.8, 4) is 5.75 Å². The number of alkyl halides is 2. The summed E-state index contributed by atoms with van der Waals surface area (Å²) in [4.78, 5) is 15.1. The van der Waals surface area contributed by atoms with Gasteiger partial charge in [-0.3, -0.25) is 9.78 Å². The lowest BCUT2D eigenvalue weighted by Gasteiger charge is -2.12. The van der Waals surface area contributed by atoms with Gasteiger partial charge in [-0.05, 0) is 12.5 Å². The van der Waals surface area contributed by atoms with Crippen LogP contribution in [0.2, 0.25) is 0 Å². The Morgan fingerprint density at radius 3 is 2.60 bits per heavy atom. The van der Waals surface area contributed by atoms with Gasteiger partial charge in [0.15, 0.2) is 5.75 Å². The maximum atomic E-state index is 11.0. The topological polar surface area (TPSA) is 39.2 Å². The van der Waals surface area contributed by atoms with E-state index >= 15 is 0 Å². The van der Waals surface area contributed by atoms with Crippen LogP contribution in [0.5, 0.6) is 5.75 Å². The minimum Gasteiger partial charge on any atom is -0.424 e. The molecule has 0 aliphatic rings. The molecule has 1 rings (SSSR count). The average Bonchev–Trinajstić information content (AvgIpc) is 2.20. The van der Waals surface area contributed by atoms with Crippen molar-refractivity contribution < 1.29 is 9.53 Å². The van der Waals surface area contributed by atoms with Gasteiger partial charge in [0.2, 0.25) is 0 Å². The Balaban J connectivity index is 3.25. The number of hydrogen-bond donors (Lipinski definition) is 0. The van der Waals surface area contributed by atoms with Crippen LogP contribution in [0.4, 0.5) is 0 Å². The van der Waals surface area contributed by atoms with E-state index in [9.17, 15) is 4.79 Å². The van der Waals surface area contributed by atoms with E-state index in [-0.39, 0.29) is 5.97 Å². The summed E-state index contributed by atoms with van der Waals surface area (Å²) in [7, 11) is 0. The van der Waals surface area contributed by atoms with Crippen LogP contribution in [0.1, 0.15) is 23.7 Å². The molecule has 0 aliphatic carbocycles. The Morgan fingerprint density at radius 1 is 1.47 bits per heavy atom. The second-order valence-electron chi connectivity index (χ2n) is 3.04. The van der Waals surface area contributed by atoms with Gasteiger partial charge >= 0.3 is 5.97 Å². The third-order valence-electron chi connectivity index (χ3n) is 1.93. The molecule has 1 heterocycles. The van der Waals surface area contributed by atoms with Gasteiger partial charge < -0.3 is 4.74 Å². The number of pyridine rings is 1. The molecule has 0 amide bonds. The Bertz CT molecular complexity index is 380. The van der Waals surface area contributed by atoms with Crippen LogP contribution in [0, 0.1) is 6.92 Å². The van der Waals surface area contributed by atoms with Crippen LogP contribution in [-0.4, -0.2) is 11.0 Å². The Labute approximate surface area is 105 Å². The summed E-state index contributed by atoms with van der Waals surface area (Å²) in [6, 6.07) is 0. The number of nitrogens with zero attached hydrogens (tertiary/aromatic N) is 1. The number of carbonyl (C=O) groups excluding carboxylic acids is 1. The number of aromatic nitrogens is 1. The van der Waals surface area contributed by atoms with Crippen LogP contribution < -0.4 is 4.74 Å². The molecule has 0 bridgehead atoms. The highest BCUT2D eigenvalue weighted by atomic mass is 79.9. The molecule has 0 aliphatic heterocycles. The van der Waals surface area contributed by atoms with Gasteiger partial charge in [0.05, 0.1) is 5.69 Å². The van der Waals surface area contributed by atoms with E-state index in [1.807, 2.05) is 6.92 Å². The summed E-state index contributed by atoms with van der Waals surface area (Å²) in [6.45, 7) is 3.21. The fourth-order valence-electron chi connectivity index (χ4n) is 1.22. The summed E-state index contributed by atoms with van der Waals surface area (Å²) in [5.41, 5.74) is 2.72. The molecular formula is C10H11Br2NO2. The van der Waals surface area contributed by atoms with Crippen molar-refractivity contribution >= 4 is 37.8 Å². The summed E-state index contributed by atoms with van der Waals surface area (Å²) in [5, 5.41) is 1.33. The molecule has 0 saturated carbocycles. The van der Waals surface area contributed by atoms with Gasteiger partial charge in [-0.2, -0.15) is 0 Å². The molecule has 15 heavy (non-hydrogen) atoms. The van der Waals surface area contributed by atoms with Crippen LogP contribution in [0.3, 0.4) is 0 Å². The largest absolute Gasteiger partial charge is 0.424 e. The van der Waals surface area contributed by atoms with Crippen LogP contribution in [0.25, 0.3) is 0 Å². The lowest BCUT2D eigenvalue weighted by atomic mass is 10.1. The van der Waals surface area contributed by atoms with E-state index in [4.69, 9.17) is 4.74 Å². The normalized spacial score (nSPS) is 10.1. The molecule has 1 aromatic rings. The number of hydrogen-bond acceptors (Lipinski definition) is 3. The van der Waals surface area contributed by atoms with Gasteiger partial charge in [0.25, 0.3) is 0 Å². The first-order valence-corrected chi connectivity index (χ1v) is 6.62. The van der Waals surface area contributed by atoms with Crippen molar-refractivity contribution in [2.45, 2.75) is 24.5 Å². The van der Waals surface area contributed by atoms with E-state index in [1.54, 1.807) is 6.20 Å². The molecule has 82 valence electrons. The smallest absolute Gasteiger partial charge is 0.308 e. The highest BCUT2D eigenvalue weighted by molar-refractivity contribution is 9.09. The fraction of sp³-hybridized carbons (Fsp3) is 0.400. The lowest BCUT2D eigenvalue weighted by molar-refractivity contribution is -0.132. The number of halogens is 2. The minimum atomic E-state index is -0.325. The van der Waals surface area contributed by atoms with Crippen LogP contribution >= 0.6 is 31.9 Å². The standard InChI is InChI=1S/C10H11Br2NO2/c1-6-10(15-7(2)14)9(4-12)8(3-11)5-13-6/h5H,3-4H2,1-2H3. The van der Waals surface area contributed by atoms with E-state index in [0.717, 1.165) is 16.8 Å². The van der Waals surface area contributed by atoms with Crippen molar-refractivity contribution in [1.82, 2.24) is 4.98 Å². The second kappa shape index (κ2) is 5.61. The van der Waals surface area contributed by atoms with Crippen molar-refractivity contribution in [2.24, 2.45) is 0 Å². The maximum absolute atomic E-state index is 11.0. The summed E-state index contributed by atoms with van der Waals surface area (Å²) in [5.74, 6) is 0.241. The fourth-order valence-corrected chi connectivity index (χ4v) is 2.31. The number of carbonyl (C=O) groups is 1. The third kappa shape index (κ3) is 3.01. The maximum Gasteiger partial charge on any atom is 0.308 e. The molecule has 0 spiro atoms. The Kier molecular flexibility index (Phi) is 4.73. The van der Waals surface area contributed by atoms with Crippen molar-refractivity contribution in [1.29, 1.82) is 0 Å².